The highest BCUT2D eigenvalue weighted by molar-refractivity contribution is 5.88. The Balaban J connectivity index is 0.000000771. The van der Waals surface area contributed by atoms with Crippen LogP contribution >= 0.6 is 0 Å². The van der Waals surface area contributed by atoms with Crippen molar-refractivity contribution in [3.05, 3.63) is 71.4 Å². The summed E-state index contributed by atoms with van der Waals surface area (Å²) >= 11 is 0. The molecule has 5 nitrogen and oxygen atoms in total. The van der Waals surface area contributed by atoms with E-state index in [1.165, 1.54) is 10.6 Å². The molecule has 0 unspecified atom stereocenters. The fraction of sp³-hybridized carbons (Fsp3) is 0.217. The van der Waals surface area contributed by atoms with Gasteiger partial charge in [0.2, 0.25) is 0 Å². The van der Waals surface area contributed by atoms with Gasteiger partial charge in [-0.3, -0.25) is 4.57 Å². The Morgan fingerprint density at radius 3 is 2.62 bits per heavy atom. The van der Waals surface area contributed by atoms with E-state index in [4.69, 9.17) is 12.2 Å². The normalized spacial score (nSPS) is 9.90. The van der Waals surface area contributed by atoms with Crippen LogP contribution in [0.1, 0.15) is 27.2 Å². The highest BCUT2D eigenvalue weighted by Crippen LogP contribution is 2.26. The summed E-state index contributed by atoms with van der Waals surface area (Å²) in [6, 6.07) is 7.93. The van der Waals surface area contributed by atoms with Crippen LogP contribution in [0.15, 0.2) is 59.9 Å². The number of aromatic nitrogens is 3. The van der Waals surface area contributed by atoms with E-state index in [9.17, 15) is 9.18 Å². The largest absolute Gasteiger partial charge is 0.382 e. The van der Waals surface area contributed by atoms with Crippen LogP contribution in [0.2, 0.25) is 0 Å². The smallest absolute Gasteiger partial charge is 0.326 e. The van der Waals surface area contributed by atoms with Gasteiger partial charge in [-0.25, -0.2) is 14.2 Å². The molecule has 0 saturated carbocycles. The third-order valence-electron chi connectivity index (χ3n) is 3.63. The van der Waals surface area contributed by atoms with Crippen LogP contribution in [-0.4, -0.2) is 14.5 Å². The zero-order valence-electron chi connectivity index (χ0n) is 17.1. The SMILES string of the molecule is C#CC/C=C/Cn1c(=O)[nH]c2c(N)nc(-c3ccccc3F)cc21.C=CC.CC. The van der Waals surface area contributed by atoms with Crippen molar-refractivity contribution >= 4 is 16.9 Å². The number of terminal acetylenes is 1. The summed E-state index contributed by atoms with van der Waals surface area (Å²) in [7, 11) is 0. The summed E-state index contributed by atoms with van der Waals surface area (Å²) in [5.74, 6) is 2.24. The summed E-state index contributed by atoms with van der Waals surface area (Å²) in [5, 5.41) is 0. The molecule has 0 atom stereocenters. The average Bonchev–Trinajstić information content (AvgIpc) is 3.04. The zero-order chi connectivity index (χ0) is 21.8. The summed E-state index contributed by atoms with van der Waals surface area (Å²) in [6.07, 6.45) is 11.0. The molecule has 29 heavy (non-hydrogen) atoms. The van der Waals surface area contributed by atoms with Crippen molar-refractivity contribution in [2.75, 3.05) is 5.73 Å². The molecular formula is C23H27FN4O. The van der Waals surface area contributed by atoms with Gasteiger partial charge in [0.05, 0.1) is 11.2 Å². The maximum atomic E-state index is 14.0. The lowest BCUT2D eigenvalue weighted by molar-refractivity contribution is 0.631. The van der Waals surface area contributed by atoms with Gasteiger partial charge in [-0.15, -0.1) is 18.9 Å². The number of allylic oxidation sites excluding steroid dienone is 3. The number of fused-ring (bicyclic) bond motifs is 1. The second-order valence-electron chi connectivity index (χ2n) is 5.60. The van der Waals surface area contributed by atoms with Crippen LogP contribution in [0, 0.1) is 18.2 Å². The van der Waals surface area contributed by atoms with E-state index in [0.29, 0.717) is 35.3 Å². The van der Waals surface area contributed by atoms with Crippen LogP contribution in [0.25, 0.3) is 22.3 Å². The molecule has 2 aromatic heterocycles. The Morgan fingerprint density at radius 1 is 1.34 bits per heavy atom. The van der Waals surface area contributed by atoms with Crippen molar-refractivity contribution < 1.29 is 4.39 Å². The number of benzene rings is 1. The number of hydrogen-bond donors (Lipinski definition) is 2. The van der Waals surface area contributed by atoms with Crippen molar-refractivity contribution in [1.29, 1.82) is 0 Å². The predicted octanol–water partition coefficient (Wildman–Crippen LogP) is 4.91. The van der Waals surface area contributed by atoms with Gasteiger partial charge in [0.1, 0.15) is 17.2 Å². The fourth-order valence-corrected chi connectivity index (χ4v) is 2.50. The first-order valence-corrected chi connectivity index (χ1v) is 9.32. The van der Waals surface area contributed by atoms with Gasteiger partial charge >= 0.3 is 5.69 Å². The number of nitrogens with zero attached hydrogens (tertiary/aromatic N) is 2. The van der Waals surface area contributed by atoms with E-state index < -0.39 is 5.82 Å². The number of nitrogen functional groups attached to an aromatic ring is 1. The fourth-order valence-electron chi connectivity index (χ4n) is 2.50. The number of pyridine rings is 1. The van der Waals surface area contributed by atoms with Gasteiger partial charge in [0.15, 0.2) is 0 Å². The third-order valence-corrected chi connectivity index (χ3v) is 3.63. The van der Waals surface area contributed by atoms with Crippen molar-refractivity contribution in [3.63, 3.8) is 0 Å². The van der Waals surface area contributed by atoms with Gasteiger partial charge in [-0.05, 0) is 25.1 Å². The van der Waals surface area contributed by atoms with E-state index in [1.807, 2.05) is 20.8 Å². The number of halogens is 1. The number of imidazole rings is 1. The topological polar surface area (TPSA) is 76.7 Å². The quantitative estimate of drug-likeness (QED) is 0.487. The summed E-state index contributed by atoms with van der Waals surface area (Å²) in [4.78, 5) is 19.0. The molecule has 3 N–H and O–H groups in total. The van der Waals surface area contributed by atoms with Crippen molar-refractivity contribution in [1.82, 2.24) is 14.5 Å². The third kappa shape index (κ3) is 5.94. The Labute approximate surface area is 170 Å². The number of H-pyrrole nitrogens is 1. The van der Waals surface area contributed by atoms with Crippen LogP contribution in [0.4, 0.5) is 10.2 Å². The summed E-state index contributed by atoms with van der Waals surface area (Å²) in [5.41, 5.74) is 7.33. The first-order valence-electron chi connectivity index (χ1n) is 9.32. The number of aromatic amines is 1. The molecule has 0 saturated heterocycles. The Morgan fingerprint density at radius 2 is 2.00 bits per heavy atom. The van der Waals surface area contributed by atoms with Gasteiger partial charge in [0.25, 0.3) is 0 Å². The molecule has 3 rings (SSSR count). The van der Waals surface area contributed by atoms with E-state index in [2.05, 4.69) is 22.5 Å². The number of nitrogens with one attached hydrogen (secondary N) is 1. The molecule has 152 valence electrons. The molecule has 0 spiro atoms. The molecule has 0 bridgehead atoms. The molecule has 0 aliphatic heterocycles. The minimum absolute atomic E-state index is 0.147. The first kappa shape index (κ1) is 23.4. The predicted molar refractivity (Wildman–Crippen MR) is 120 cm³/mol. The van der Waals surface area contributed by atoms with Gasteiger partial charge in [0, 0.05) is 18.5 Å². The van der Waals surface area contributed by atoms with Gasteiger partial charge < -0.3 is 10.7 Å². The van der Waals surface area contributed by atoms with Gasteiger partial charge in [-0.2, -0.15) is 0 Å². The second-order valence-corrected chi connectivity index (χ2v) is 5.60. The Bertz CT molecular complexity index is 1070. The van der Waals surface area contributed by atoms with Crippen LogP contribution in [0.3, 0.4) is 0 Å². The molecule has 3 aromatic rings. The minimum atomic E-state index is -0.401. The van der Waals surface area contributed by atoms with E-state index in [1.54, 1.807) is 42.5 Å². The molecule has 0 radical (unpaired) electrons. The molecule has 0 fully saturated rings. The van der Waals surface area contributed by atoms with Crippen LogP contribution in [0.5, 0.6) is 0 Å². The van der Waals surface area contributed by atoms with E-state index in [-0.39, 0.29) is 11.5 Å². The molecule has 0 amide bonds. The maximum Gasteiger partial charge on any atom is 0.326 e. The highest BCUT2D eigenvalue weighted by Gasteiger charge is 2.14. The minimum Gasteiger partial charge on any atom is -0.382 e. The molecule has 2 heterocycles. The second kappa shape index (κ2) is 12.0. The Kier molecular flexibility index (Phi) is 9.69. The van der Waals surface area contributed by atoms with Gasteiger partial charge in [-0.1, -0.05) is 44.2 Å². The van der Waals surface area contributed by atoms with Crippen LogP contribution in [-0.2, 0) is 6.54 Å². The molecule has 6 heteroatoms. The zero-order valence-corrected chi connectivity index (χ0v) is 17.1. The lowest BCUT2D eigenvalue weighted by atomic mass is 10.1. The molecular weight excluding hydrogens is 367 g/mol. The Hall–Kier alpha value is -3.59. The summed E-state index contributed by atoms with van der Waals surface area (Å²) in [6.45, 7) is 9.58. The monoisotopic (exact) mass is 394 g/mol. The van der Waals surface area contributed by atoms with Crippen molar-refractivity contribution in [2.24, 2.45) is 0 Å². The number of anilines is 1. The molecule has 0 aliphatic rings. The molecule has 1 aromatic carbocycles. The lowest BCUT2D eigenvalue weighted by Crippen LogP contribution is -2.15. The first-order chi connectivity index (χ1) is 14.0. The maximum absolute atomic E-state index is 14.0. The average molecular weight is 394 g/mol. The standard InChI is InChI=1S/C18H15FN4O.C3H6.C2H6/c1-2-3-4-7-10-23-15-11-14(12-8-5-6-9-13(12)19)21-17(20)16(15)22-18(23)24;1-3-2;1-2/h1,4-9,11H,3,10H2,(H2,20,21)(H,22,24);3H,1H2,2H3;1-2H3/b7-4+;;. The van der Waals surface area contributed by atoms with E-state index in [0.717, 1.165) is 0 Å². The lowest BCUT2D eigenvalue weighted by Gasteiger charge is -2.06. The van der Waals surface area contributed by atoms with Crippen LogP contribution < -0.4 is 11.4 Å². The van der Waals surface area contributed by atoms with Crippen molar-refractivity contribution in [3.8, 4) is 23.6 Å². The summed E-state index contributed by atoms with van der Waals surface area (Å²) < 4.78 is 15.5. The molecule has 0 aliphatic carbocycles. The number of nitrogens with two attached hydrogens (primary N) is 1. The number of rotatable bonds is 4. The van der Waals surface area contributed by atoms with E-state index >= 15 is 0 Å². The van der Waals surface area contributed by atoms with Crippen molar-refractivity contribution in [2.45, 2.75) is 33.7 Å². The highest BCUT2D eigenvalue weighted by atomic mass is 19.1. The number of hydrogen-bond acceptors (Lipinski definition) is 3.